The zero-order valence-corrected chi connectivity index (χ0v) is 13.5. The molecule has 0 bridgehead atoms. The molecule has 4 heterocycles. The van der Waals surface area contributed by atoms with Crippen LogP contribution in [0.3, 0.4) is 0 Å². The number of nitrogens with zero attached hydrogens (tertiary/aromatic N) is 6. The Bertz CT molecular complexity index is 851. The van der Waals surface area contributed by atoms with E-state index in [2.05, 4.69) is 31.0 Å². The summed E-state index contributed by atoms with van der Waals surface area (Å²) in [6.45, 7) is 1.91. The van der Waals surface area contributed by atoms with E-state index in [4.69, 9.17) is 0 Å². The molecule has 9 heteroatoms. The zero-order valence-electron chi connectivity index (χ0n) is 13.5. The number of amides is 1. The van der Waals surface area contributed by atoms with Crippen LogP contribution < -0.4 is 10.6 Å². The molecule has 0 aliphatic carbocycles. The second kappa shape index (κ2) is 6.81. The predicted molar refractivity (Wildman–Crippen MR) is 90.5 cm³/mol. The molecule has 1 amide bonds. The van der Waals surface area contributed by atoms with Crippen molar-refractivity contribution in [2.75, 3.05) is 18.4 Å². The number of carbonyl (C=O) groups excluding carboxylic acids is 1. The van der Waals surface area contributed by atoms with Gasteiger partial charge in [-0.2, -0.15) is 5.10 Å². The van der Waals surface area contributed by atoms with Gasteiger partial charge in [-0.15, -0.1) is 5.10 Å². The molecule has 4 rings (SSSR count). The van der Waals surface area contributed by atoms with Crippen LogP contribution >= 0.6 is 0 Å². The zero-order chi connectivity index (χ0) is 17.1. The van der Waals surface area contributed by atoms with Gasteiger partial charge >= 0.3 is 0 Å². The van der Waals surface area contributed by atoms with Crippen LogP contribution in [0.1, 0.15) is 29.4 Å². The molecule has 0 atom stereocenters. The summed E-state index contributed by atoms with van der Waals surface area (Å²) in [6, 6.07) is 5.62. The van der Waals surface area contributed by atoms with Crippen LogP contribution in [0, 0.1) is 0 Å². The summed E-state index contributed by atoms with van der Waals surface area (Å²) in [5.41, 5.74) is 0.849. The summed E-state index contributed by atoms with van der Waals surface area (Å²) in [7, 11) is 0. The van der Waals surface area contributed by atoms with Crippen LogP contribution in [-0.4, -0.2) is 48.8 Å². The van der Waals surface area contributed by atoms with Gasteiger partial charge in [-0.05, 0) is 44.1 Å². The van der Waals surface area contributed by atoms with E-state index in [0.29, 0.717) is 11.5 Å². The number of hydrogen-bond acceptors (Lipinski definition) is 6. The average Bonchev–Trinajstić information content (AvgIpc) is 3.35. The van der Waals surface area contributed by atoms with Crippen molar-refractivity contribution in [2.24, 2.45) is 0 Å². The maximum Gasteiger partial charge on any atom is 0.277 e. The molecule has 1 aliphatic rings. The van der Waals surface area contributed by atoms with Crippen molar-refractivity contribution in [2.45, 2.75) is 18.9 Å². The molecule has 0 radical (unpaired) electrons. The van der Waals surface area contributed by atoms with Crippen LogP contribution in [0.25, 0.3) is 5.82 Å². The topological polar surface area (TPSA) is 103 Å². The first-order valence-electron chi connectivity index (χ1n) is 8.20. The molecule has 2 N–H and O–H groups in total. The third-order valence-corrected chi connectivity index (χ3v) is 4.18. The Morgan fingerprint density at radius 1 is 1.24 bits per heavy atom. The summed E-state index contributed by atoms with van der Waals surface area (Å²) >= 11 is 0. The lowest BCUT2D eigenvalue weighted by molar-refractivity contribution is 0.102. The lowest BCUT2D eigenvalue weighted by Crippen LogP contribution is -2.29. The molecule has 1 saturated heterocycles. The van der Waals surface area contributed by atoms with Crippen LogP contribution in [-0.2, 0) is 0 Å². The Labute approximate surface area is 144 Å². The number of carbonyl (C=O) groups is 1. The van der Waals surface area contributed by atoms with Gasteiger partial charge in [-0.25, -0.2) is 14.3 Å². The van der Waals surface area contributed by atoms with Gasteiger partial charge in [-0.1, -0.05) is 5.21 Å². The highest BCUT2D eigenvalue weighted by Gasteiger charge is 2.19. The van der Waals surface area contributed by atoms with Crippen LogP contribution in [0.4, 0.5) is 5.69 Å². The highest BCUT2D eigenvalue weighted by Crippen LogP contribution is 2.19. The van der Waals surface area contributed by atoms with E-state index in [-0.39, 0.29) is 17.6 Å². The van der Waals surface area contributed by atoms with E-state index in [1.807, 2.05) is 0 Å². The van der Waals surface area contributed by atoms with Crippen LogP contribution in [0.2, 0.25) is 0 Å². The fraction of sp³-hybridized carbons (Fsp3) is 0.312. The minimum absolute atomic E-state index is 0.285. The molecule has 25 heavy (non-hydrogen) atoms. The van der Waals surface area contributed by atoms with Gasteiger partial charge in [0.1, 0.15) is 0 Å². The third-order valence-electron chi connectivity index (χ3n) is 4.18. The molecule has 0 saturated carbocycles. The minimum atomic E-state index is -0.318. The second-order valence-corrected chi connectivity index (χ2v) is 5.84. The number of piperidine rings is 1. The third kappa shape index (κ3) is 3.26. The number of hydrogen-bond donors (Lipinski definition) is 2. The van der Waals surface area contributed by atoms with E-state index in [1.54, 1.807) is 52.4 Å². The van der Waals surface area contributed by atoms with Gasteiger partial charge in [0.2, 0.25) is 0 Å². The van der Waals surface area contributed by atoms with Gasteiger partial charge in [0.25, 0.3) is 5.91 Å². The van der Waals surface area contributed by atoms with Gasteiger partial charge in [-0.3, -0.25) is 4.79 Å². The molecular formula is C16H18N8O. The minimum Gasteiger partial charge on any atom is -0.317 e. The Morgan fingerprint density at radius 3 is 2.92 bits per heavy atom. The van der Waals surface area contributed by atoms with Crippen molar-refractivity contribution in [1.29, 1.82) is 0 Å². The standard InChI is InChI=1S/C16H18N8O/c25-16(14-11-24(22-21-14)12-4-8-17-9-5-12)20-13-3-1-6-18-15(13)23-10-2-7-19-23/h1-3,6-7,10-12,17H,4-5,8-9H2,(H,20,25). The number of pyridine rings is 1. The SMILES string of the molecule is O=C(Nc1cccnc1-n1cccn1)c1cn(C2CCNCC2)nn1. The summed E-state index contributed by atoms with van der Waals surface area (Å²) < 4.78 is 3.38. The first-order chi connectivity index (χ1) is 12.3. The highest BCUT2D eigenvalue weighted by atomic mass is 16.2. The molecule has 3 aromatic heterocycles. The highest BCUT2D eigenvalue weighted by molar-refractivity contribution is 6.03. The maximum atomic E-state index is 12.5. The van der Waals surface area contributed by atoms with Crippen molar-refractivity contribution >= 4 is 11.6 Å². The van der Waals surface area contributed by atoms with E-state index in [0.717, 1.165) is 25.9 Å². The Kier molecular flexibility index (Phi) is 4.21. The second-order valence-electron chi connectivity index (χ2n) is 5.84. The monoisotopic (exact) mass is 338 g/mol. The van der Waals surface area contributed by atoms with Crippen molar-refractivity contribution in [3.63, 3.8) is 0 Å². The fourth-order valence-corrected chi connectivity index (χ4v) is 2.89. The Morgan fingerprint density at radius 2 is 2.12 bits per heavy atom. The molecular weight excluding hydrogens is 320 g/mol. The molecule has 128 valence electrons. The van der Waals surface area contributed by atoms with E-state index >= 15 is 0 Å². The lowest BCUT2D eigenvalue weighted by Gasteiger charge is -2.22. The van der Waals surface area contributed by atoms with Crippen molar-refractivity contribution < 1.29 is 4.79 Å². The average molecular weight is 338 g/mol. The van der Waals surface area contributed by atoms with Crippen molar-refractivity contribution in [1.82, 2.24) is 35.1 Å². The van der Waals surface area contributed by atoms with Gasteiger partial charge < -0.3 is 10.6 Å². The summed E-state index contributed by atoms with van der Waals surface area (Å²) in [6.07, 6.45) is 8.75. The quantitative estimate of drug-likeness (QED) is 0.737. The normalized spacial score (nSPS) is 15.2. The van der Waals surface area contributed by atoms with Crippen LogP contribution in [0.15, 0.2) is 43.0 Å². The lowest BCUT2D eigenvalue weighted by atomic mass is 10.1. The summed E-state index contributed by atoms with van der Waals surface area (Å²) in [4.78, 5) is 16.8. The van der Waals surface area contributed by atoms with Crippen molar-refractivity contribution in [3.8, 4) is 5.82 Å². The number of anilines is 1. The number of rotatable bonds is 4. The van der Waals surface area contributed by atoms with Crippen LogP contribution in [0.5, 0.6) is 0 Å². The molecule has 0 aromatic carbocycles. The molecule has 0 unspecified atom stereocenters. The first kappa shape index (κ1) is 15.5. The molecule has 9 nitrogen and oxygen atoms in total. The van der Waals surface area contributed by atoms with Gasteiger partial charge in [0.05, 0.1) is 17.9 Å². The summed E-state index contributed by atoms with van der Waals surface area (Å²) in [5.74, 6) is 0.230. The Hall–Kier alpha value is -3.07. The number of nitrogens with one attached hydrogen (secondary N) is 2. The van der Waals surface area contributed by atoms with E-state index in [1.165, 1.54) is 0 Å². The molecule has 1 aliphatic heterocycles. The van der Waals surface area contributed by atoms with Gasteiger partial charge in [0.15, 0.2) is 11.5 Å². The largest absolute Gasteiger partial charge is 0.317 e. The first-order valence-corrected chi connectivity index (χ1v) is 8.20. The predicted octanol–water partition coefficient (Wildman–Crippen LogP) is 1.04. The van der Waals surface area contributed by atoms with Gasteiger partial charge in [0, 0.05) is 18.6 Å². The van der Waals surface area contributed by atoms with E-state index in [9.17, 15) is 4.79 Å². The molecule has 0 spiro atoms. The molecule has 1 fully saturated rings. The Balaban J connectivity index is 1.52. The summed E-state index contributed by atoms with van der Waals surface area (Å²) in [5, 5.41) is 18.4. The van der Waals surface area contributed by atoms with Crippen molar-refractivity contribution in [3.05, 3.63) is 48.7 Å². The smallest absolute Gasteiger partial charge is 0.277 e. The maximum absolute atomic E-state index is 12.5. The molecule has 3 aromatic rings. The van der Waals surface area contributed by atoms with E-state index < -0.39 is 0 Å². The fourth-order valence-electron chi connectivity index (χ4n) is 2.89. The number of aromatic nitrogens is 6.